The van der Waals surface area contributed by atoms with Gasteiger partial charge in [-0.1, -0.05) is 18.2 Å². The van der Waals surface area contributed by atoms with Gasteiger partial charge in [0.15, 0.2) is 5.82 Å². The summed E-state index contributed by atoms with van der Waals surface area (Å²) in [6, 6.07) is 11.7. The number of hydrogen-bond acceptors (Lipinski definition) is 5. The quantitative estimate of drug-likeness (QED) is 0.877. The molecule has 0 radical (unpaired) electrons. The second kappa shape index (κ2) is 7.77. The van der Waals surface area contributed by atoms with Gasteiger partial charge in [0, 0.05) is 30.9 Å². The van der Waals surface area contributed by atoms with Crippen LogP contribution in [-0.4, -0.2) is 42.3 Å². The fourth-order valence-corrected chi connectivity index (χ4v) is 3.11. The molecule has 1 saturated heterocycles. The van der Waals surface area contributed by atoms with Gasteiger partial charge in [0.25, 0.3) is 0 Å². The number of nitrogens with one attached hydrogen (secondary N) is 1. The van der Waals surface area contributed by atoms with E-state index < -0.39 is 0 Å². The van der Waals surface area contributed by atoms with Crippen LogP contribution in [0, 0.1) is 0 Å². The van der Waals surface area contributed by atoms with Gasteiger partial charge in [0.2, 0.25) is 5.91 Å². The van der Waals surface area contributed by atoms with Crippen molar-refractivity contribution in [2.75, 3.05) is 25.1 Å². The van der Waals surface area contributed by atoms with E-state index in [1.165, 1.54) is 0 Å². The number of para-hydroxylation sites is 1. The second-order valence-electron chi connectivity index (χ2n) is 5.86. The minimum Gasteiger partial charge on any atom is -0.496 e. The molecular weight excluding hydrogens is 304 g/mol. The molecule has 0 spiro atoms. The third kappa shape index (κ3) is 3.82. The van der Waals surface area contributed by atoms with Crippen LogP contribution in [0.5, 0.6) is 5.75 Å². The molecule has 0 saturated carbocycles. The van der Waals surface area contributed by atoms with E-state index in [4.69, 9.17) is 4.74 Å². The van der Waals surface area contributed by atoms with E-state index in [0.29, 0.717) is 13.0 Å². The predicted octanol–water partition coefficient (Wildman–Crippen LogP) is 1.81. The van der Waals surface area contributed by atoms with Crippen LogP contribution < -0.4 is 15.0 Å². The number of carbonyl (C=O) groups is 1. The molecule has 2 heterocycles. The van der Waals surface area contributed by atoms with Crippen LogP contribution in [0.25, 0.3) is 0 Å². The van der Waals surface area contributed by atoms with Crippen molar-refractivity contribution in [2.24, 2.45) is 0 Å². The molecule has 1 unspecified atom stereocenters. The van der Waals surface area contributed by atoms with Crippen LogP contribution in [0.3, 0.4) is 0 Å². The third-order valence-corrected chi connectivity index (χ3v) is 4.31. The van der Waals surface area contributed by atoms with E-state index >= 15 is 0 Å². The van der Waals surface area contributed by atoms with Gasteiger partial charge in [0.1, 0.15) is 5.75 Å². The van der Waals surface area contributed by atoms with Crippen molar-refractivity contribution < 1.29 is 9.53 Å². The number of carbonyl (C=O) groups excluding carboxylic acids is 1. The Bertz CT molecular complexity index is 678. The zero-order valence-electron chi connectivity index (χ0n) is 13.8. The van der Waals surface area contributed by atoms with Crippen molar-refractivity contribution in [3.8, 4) is 5.75 Å². The van der Waals surface area contributed by atoms with Gasteiger partial charge in [-0.25, -0.2) is 0 Å². The standard InChI is InChI=1S/C18H22N4O2/c1-24-16-8-3-2-6-14(16)12-18(23)19-13-15-7-5-11-22(15)17-9-4-10-20-21-17/h2-4,6,8-10,15H,5,7,11-13H2,1H3,(H,19,23). The fourth-order valence-electron chi connectivity index (χ4n) is 3.11. The van der Waals surface area contributed by atoms with Crippen molar-refractivity contribution in [1.82, 2.24) is 15.5 Å². The first kappa shape index (κ1) is 16.2. The number of anilines is 1. The topological polar surface area (TPSA) is 67.3 Å². The van der Waals surface area contributed by atoms with E-state index in [0.717, 1.165) is 36.5 Å². The molecule has 3 rings (SSSR count). The normalized spacial score (nSPS) is 16.9. The highest BCUT2D eigenvalue weighted by Crippen LogP contribution is 2.22. The molecule has 6 heteroatoms. The number of methoxy groups -OCH3 is 1. The highest BCUT2D eigenvalue weighted by molar-refractivity contribution is 5.79. The Balaban J connectivity index is 1.56. The van der Waals surface area contributed by atoms with Gasteiger partial charge in [0.05, 0.1) is 13.5 Å². The Morgan fingerprint density at radius 2 is 2.21 bits per heavy atom. The van der Waals surface area contributed by atoms with Gasteiger partial charge >= 0.3 is 0 Å². The lowest BCUT2D eigenvalue weighted by Crippen LogP contribution is -2.41. The van der Waals surface area contributed by atoms with Gasteiger partial charge < -0.3 is 15.0 Å². The molecule has 1 aromatic carbocycles. The second-order valence-corrected chi connectivity index (χ2v) is 5.86. The maximum Gasteiger partial charge on any atom is 0.224 e. The molecule has 0 bridgehead atoms. The summed E-state index contributed by atoms with van der Waals surface area (Å²) < 4.78 is 5.30. The monoisotopic (exact) mass is 326 g/mol. The lowest BCUT2D eigenvalue weighted by atomic mass is 10.1. The molecule has 1 fully saturated rings. The highest BCUT2D eigenvalue weighted by atomic mass is 16.5. The van der Waals surface area contributed by atoms with Gasteiger partial charge in [-0.05, 0) is 31.0 Å². The molecule has 0 aliphatic carbocycles. The smallest absolute Gasteiger partial charge is 0.224 e. The number of ether oxygens (including phenoxy) is 1. The zero-order valence-corrected chi connectivity index (χ0v) is 13.8. The Morgan fingerprint density at radius 3 is 3.00 bits per heavy atom. The van der Waals surface area contributed by atoms with Crippen LogP contribution in [0.15, 0.2) is 42.6 Å². The number of benzene rings is 1. The SMILES string of the molecule is COc1ccccc1CC(=O)NCC1CCCN1c1cccnn1. The Labute approximate surface area is 141 Å². The molecule has 2 aromatic rings. The summed E-state index contributed by atoms with van der Waals surface area (Å²) in [6.07, 6.45) is 4.14. The van der Waals surface area contributed by atoms with E-state index in [1.54, 1.807) is 13.3 Å². The zero-order chi connectivity index (χ0) is 16.8. The predicted molar refractivity (Wildman–Crippen MR) is 92.1 cm³/mol. The van der Waals surface area contributed by atoms with Crippen LogP contribution >= 0.6 is 0 Å². The van der Waals surface area contributed by atoms with Gasteiger partial charge in [-0.15, -0.1) is 5.10 Å². The summed E-state index contributed by atoms with van der Waals surface area (Å²) in [5, 5.41) is 11.2. The number of nitrogens with zero attached hydrogens (tertiary/aromatic N) is 3. The minimum absolute atomic E-state index is 0.00509. The molecule has 1 aliphatic heterocycles. The van der Waals surface area contributed by atoms with Crippen molar-refractivity contribution >= 4 is 11.7 Å². The van der Waals surface area contributed by atoms with Gasteiger partial charge in [-0.3, -0.25) is 4.79 Å². The number of amides is 1. The van der Waals surface area contributed by atoms with E-state index in [-0.39, 0.29) is 11.9 Å². The van der Waals surface area contributed by atoms with Crippen LogP contribution in [0.2, 0.25) is 0 Å². The van der Waals surface area contributed by atoms with E-state index in [9.17, 15) is 4.79 Å². The molecule has 1 atom stereocenters. The summed E-state index contributed by atoms with van der Waals surface area (Å²) in [7, 11) is 1.62. The molecule has 1 amide bonds. The summed E-state index contributed by atoms with van der Waals surface area (Å²) >= 11 is 0. The Kier molecular flexibility index (Phi) is 5.25. The van der Waals surface area contributed by atoms with Crippen molar-refractivity contribution in [1.29, 1.82) is 0 Å². The maximum absolute atomic E-state index is 12.3. The molecule has 1 N–H and O–H groups in total. The Hall–Kier alpha value is -2.63. The molecule has 1 aliphatic rings. The summed E-state index contributed by atoms with van der Waals surface area (Å²) in [5.74, 6) is 1.62. The summed E-state index contributed by atoms with van der Waals surface area (Å²) in [4.78, 5) is 14.5. The first-order chi connectivity index (χ1) is 11.8. The first-order valence-electron chi connectivity index (χ1n) is 8.21. The number of rotatable bonds is 6. The lowest BCUT2D eigenvalue weighted by Gasteiger charge is -2.25. The highest BCUT2D eigenvalue weighted by Gasteiger charge is 2.26. The molecular formula is C18H22N4O2. The molecule has 126 valence electrons. The number of aromatic nitrogens is 2. The molecule has 24 heavy (non-hydrogen) atoms. The lowest BCUT2D eigenvalue weighted by molar-refractivity contribution is -0.120. The van der Waals surface area contributed by atoms with E-state index in [2.05, 4.69) is 20.4 Å². The Morgan fingerprint density at radius 1 is 1.33 bits per heavy atom. The van der Waals surface area contributed by atoms with Crippen molar-refractivity contribution in [2.45, 2.75) is 25.3 Å². The first-order valence-corrected chi connectivity index (χ1v) is 8.21. The average Bonchev–Trinajstić information content (AvgIpc) is 3.10. The van der Waals surface area contributed by atoms with E-state index in [1.807, 2.05) is 36.4 Å². The minimum atomic E-state index is 0.00509. The largest absolute Gasteiger partial charge is 0.496 e. The van der Waals surface area contributed by atoms with Crippen molar-refractivity contribution in [3.05, 3.63) is 48.2 Å². The third-order valence-electron chi connectivity index (χ3n) is 4.31. The van der Waals surface area contributed by atoms with Crippen LogP contribution in [-0.2, 0) is 11.2 Å². The van der Waals surface area contributed by atoms with Gasteiger partial charge in [-0.2, -0.15) is 5.10 Å². The molecule has 6 nitrogen and oxygen atoms in total. The fraction of sp³-hybridized carbons (Fsp3) is 0.389. The van der Waals surface area contributed by atoms with Crippen LogP contribution in [0.4, 0.5) is 5.82 Å². The maximum atomic E-state index is 12.3. The molecule has 1 aromatic heterocycles. The summed E-state index contributed by atoms with van der Waals surface area (Å²) in [6.45, 7) is 1.57. The van der Waals surface area contributed by atoms with Crippen molar-refractivity contribution in [3.63, 3.8) is 0 Å². The summed E-state index contributed by atoms with van der Waals surface area (Å²) in [5.41, 5.74) is 0.898. The number of hydrogen-bond donors (Lipinski definition) is 1. The van der Waals surface area contributed by atoms with Crippen LogP contribution in [0.1, 0.15) is 18.4 Å². The average molecular weight is 326 g/mol.